The van der Waals surface area contributed by atoms with Crippen molar-refractivity contribution in [2.24, 2.45) is 0 Å². The van der Waals surface area contributed by atoms with Gasteiger partial charge in [-0.05, 0) is 24.6 Å². The van der Waals surface area contributed by atoms with Crippen LogP contribution < -0.4 is 10.6 Å². The Hall–Kier alpha value is -2.43. The Bertz CT molecular complexity index is 619. The second-order valence-electron chi connectivity index (χ2n) is 4.74. The molecule has 0 unspecified atom stereocenters. The monoisotopic (exact) mass is 273 g/mol. The number of phenolic OH excluding ortho intramolecular Hbond substituents is 1. The third-order valence-electron chi connectivity index (χ3n) is 3.12. The Morgan fingerprint density at radius 2 is 2.15 bits per heavy atom. The highest BCUT2D eigenvalue weighted by Gasteiger charge is 2.18. The van der Waals surface area contributed by atoms with Crippen molar-refractivity contribution >= 4 is 17.3 Å². The number of benzene rings is 1. The van der Waals surface area contributed by atoms with E-state index in [4.69, 9.17) is 5.73 Å². The third-order valence-corrected chi connectivity index (χ3v) is 3.12. The van der Waals surface area contributed by atoms with Crippen molar-refractivity contribution in [2.45, 2.75) is 19.9 Å². The number of amides is 1. The van der Waals surface area contributed by atoms with E-state index in [1.54, 1.807) is 43.6 Å². The molecule has 0 saturated heterocycles. The first-order valence-electron chi connectivity index (χ1n) is 6.55. The molecular formula is C15H19N3O2. The molecule has 0 aliphatic rings. The SMILES string of the molecule is CCCn1cc(N)cc1C(=O)N(C)c1cccc(O)c1. The lowest BCUT2D eigenvalue weighted by molar-refractivity contribution is 0.0984. The zero-order chi connectivity index (χ0) is 14.7. The summed E-state index contributed by atoms with van der Waals surface area (Å²) in [6.07, 6.45) is 2.69. The van der Waals surface area contributed by atoms with Gasteiger partial charge < -0.3 is 20.3 Å². The Labute approximate surface area is 118 Å². The summed E-state index contributed by atoms with van der Waals surface area (Å²) in [7, 11) is 1.68. The van der Waals surface area contributed by atoms with Gasteiger partial charge >= 0.3 is 0 Å². The Morgan fingerprint density at radius 1 is 1.40 bits per heavy atom. The number of carbonyl (C=O) groups excluding carboxylic acids is 1. The predicted octanol–water partition coefficient (Wildman–Crippen LogP) is 2.46. The molecule has 1 heterocycles. The molecule has 1 amide bonds. The van der Waals surface area contributed by atoms with Gasteiger partial charge in [-0.1, -0.05) is 13.0 Å². The lowest BCUT2D eigenvalue weighted by atomic mass is 10.2. The summed E-state index contributed by atoms with van der Waals surface area (Å²) in [5.41, 5.74) is 7.54. The van der Waals surface area contributed by atoms with Crippen LogP contribution in [0.3, 0.4) is 0 Å². The van der Waals surface area contributed by atoms with Crippen molar-refractivity contribution in [3.05, 3.63) is 42.2 Å². The highest BCUT2D eigenvalue weighted by Crippen LogP contribution is 2.22. The second-order valence-corrected chi connectivity index (χ2v) is 4.74. The maximum absolute atomic E-state index is 12.5. The van der Waals surface area contributed by atoms with Gasteiger partial charge in [-0.15, -0.1) is 0 Å². The fraction of sp³-hybridized carbons (Fsp3) is 0.267. The van der Waals surface area contributed by atoms with Crippen LogP contribution >= 0.6 is 0 Å². The lowest BCUT2D eigenvalue weighted by Gasteiger charge is -2.18. The minimum absolute atomic E-state index is 0.130. The van der Waals surface area contributed by atoms with Crippen LogP contribution in [0.1, 0.15) is 23.8 Å². The average molecular weight is 273 g/mol. The number of nitrogens with zero attached hydrogens (tertiary/aromatic N) is 2. The van der Waals surface area contributed by atoms with Gasteiger partial charge in [0.2, 0.25) is 0 Å². The quantitative estimate of drug-likeness (QED) is 0.898. The molecule has 2 aromatic rings. The topological polar surface area (TPSA) is 71.5 Å². The number of aromatic nitrogens is 1. The Kier molecular flexibility index (Phi) is 3.98. The Morgan fingerprint density at radius 3 is 2.80 bits per heavy atom. The number of nitrogen functional groups attached to an aromatic ring is 1. The molecule has 0 radical (unpaired) electrons. The Balaban J connectivity index is 2.31. The van der Waals surface area contributed by atoms with E-state index in [1.165, 1.54) is 4.90 Å². The molecule has 0 fully saturated rings. The van der Waals surface area contributed by atoms with Crippen molar-refractivity contribution in [1.82, 2.24) is 4.57 Å². The van der Waals surface area contributed by atoms with Crippen molar-refractivity contribution in [1.29, 1.82) is 0 Å². The molecular weight excluding hydrogens is 254 g/mol. The van der Waals surface area contributed by atoms with Gasteiger partial charge in [0, 0.05) is 31.5 Å². The van der Waals surface area contributed by atoms with Gasteiger partial charge in [0.05, 0.1) is 5.69 Å². The summed E-state index contributed by atoms with van der Waals surface area (Å²) in [5.74, 6) is -0.0219. The maximum Gasteiger partial charge on any atom is 0.274 e. The molecule has 2 rings (SSSR count). The molecule has 1 aromatic heterocycles. The normalized spacial score (nSPS) is 10.5. The fourth-order valence-corrected chi connectivity index (χ4v) is 2.13. The van der Waals surface area contributed by atoms with E-state index in [2.05, 4.69) is 0 Å². The predicted molar refractivity (Wildman–Crippen MR) is 80.0 cm³/mol. The van der Waals surface area contributed by atoms with Gasteiger partial charge in [0.1, 0.15) is 11.4 Å². The fourth-order valence-electron chi connectivity index (χ4n) is 2.13. The number of nitrogens with two attached hydrogens (primary N) is 1. The van der Waals surface area contributed by atoms with E-state index in [9.17, 15) is 9.90 Å². The first-order valence-corrected chi connectivity index (χ1v) is 6.55. The van der Waals surface area contributed by atoms with Gasteiger partial charge in [-0.3, -0.25) is 4.79 Å². The number of rotatable bonds is 4. The number of phenols is 1. The minimum atomic E-state index is -0.152. The zero-order valence-corrected chi connectivity index (χ0v) is 11.7. The smallest absolute Gasteiger partial charge is 0.274 e. The number of aromatic hydroxyl groups is 1. The first kappa shape index (κ1) is 14.0. The van der Waals surface area contributed by atoms with Gasteiger partial charge in [-0.25, -0.2) is 0 Å². The molecule has 5 nitrogen and oxygen atoms in total. The molecule has 0 atom stereocenters. The van der Waals surface area contributed by atoms with Crippen LogP contribution in [0.5, 0.6) is 5.75 Å². The number of anilines is 2. The van der Waals surface area contributed by atoms with Crippen LogP contribution in [0.2, 0.25) is 0 Å². The standard InChI is InChI=1S/C15H19N3O2/c1-3-7-18-10-11(16)8-14(18)15(20)17(2)12-5-4-6-13(19)9-12/h4-6,8-10,19H,3,7,16H2,1-2H3. The minimum Gasteiger partial charge on any atom is -0.508 e. The largest absolute Gasteiger partial charge is 0.508 e. The molecule has 1 aromatic carbocycles. The number of aryl methyl sites for hydroxylation is 1. The number of hydrogen-bond donors (Lipinski definition) is 2. The van der Waals surface area contributed by atoms with Crippen molar-refractivity contribution < 1.29 is 9.90 Å². The zero-order valence-electron chi connectivity index (χ0n) is 11.7. The third kappa shape index (κ3) is 2.77. The molecule has 0 spiro atoms. The summed E-state index contributed by atoms with van der Waals surface area (Å²) < 4.78 is 1.86. The summed E-state index contributed by atoms with van der Waals surface area (Å²) in [6, 6.07) is 8.27. The van der Waals surface area contributed by atoms with Crippen LogP contribution in [-0.4, -0.2) is 22.6 Å². The van der Waals surface area contributed by atoms with Crippen LogP contribution in [-0.2, 0) is 6.54 Å². The molecule has 106 valence electrons. The first-order chi connectivity index (χ1) is 9.52. The van der Waals surface area contributed by atoms with Crippen molar-refractivity contribution in [3.8, 4) is 5.75 Å². The molecule has 0 aliphatic carbocycles. The van der Waals surface area contributed by atoms with E-state index in [-0.39, 0.29) is 11.7 Å². The van der Waals surface area contributed by atoms with Crippen LogP contribution in [0, 0.1) is 0 Å². The van der Waals surface area contributed by atoms with Crippen molar-refractivity contribution in [3.63, 3.8) is 0 Å². The van der Waals surface area contributed by atoms with Crippen LogP contribution in [0.15, 0.2) is 36.5 Å². The maximum atomic E-state index is 12.5. The van der Waals surface area contributed by atoms with E-state index in [0.29, 0.717) is 17.1 Å². The van der Waals surface area contributed by atoms with E-state index < -0.39 is 0 Å². The van der Waals surface area contributed by atoms with Crippen LogP contribution in [0.4, 0.5) is 11.4 Å². The van der Waals surface area contributed by atoms with E-state index >= 15 is 0 Å². The lowest BCUT2D eigenvalue weighted by Crippen LogP contribution is -2.28. The average Bonchev–Trinajstić information content (AvgIpc) is 2.78. The van der Waals surface area contributed by atoms with Crippen LogP contribution in [0.25, 0.3) is 0 Å². The summed E-state index contributed by atoms with van der Waals surface area (Å²) in [5, 5.41) is 9.49. The summed E-state index contributed by atoms with van der Waals surface area (Å²) in [4.78, 5) is 14.0. The van der Waals surface area contributed by atoms with Crippen molar-refractivity contribution in [2.75, 3.05) is 17.7 Å². The van der Waals surface area contributed by atoms with E-state index in [1.807, 2.05) is 11.5 Å². The van der Waals surface area contributed by atoms with Gasteiger partial charge in [-0.2, -0.15) is 0 Å². The summed E-state index contributed by atoms with van der Waals surface area (Å²) >= 11 is 0. The molecule has 20 heavy (non-hydrogen) atoms. The number of hydrogen-bond acceptors (Lipinski definition) is 3. The second kappa shape index (κ2) is 5.69. The van der Waals surface area contributed by atoms with Gasteiger partial charge in [0.25, 0.3) is 5.91 Å². The molecule has 0 saturated carbocycles. The molecule has 3 N–H and O–H groups in total. The highest BCUT2D eigenvalue weighted by atomic mass is 16.3. The van der Waals surface area contributed by atoms with Gasteiger partial charge in [0.15, 0.2) is 0 Å². The van der Waals surface area contributed by atoms with E-state index in [0.717, 1.165) is 13.0 Å². The molecule has 5 heteroatoms. The molecule has 0 bridgehead atoms. The molecule has 0 aliphatic heterocycles. The highest BCUT2D eigenvalue weighted by molar-refractivity contribution is 6.05. The summed E-state index contributed by atoms with van der Waals surface area (Å²) in [6.45, 7) is 2.79. The number of carbonyl (C=O) groups is 1.